The molecule has 0 fully saturated rings. The first-order valence-electron chi connectivity index (χ1n) is 6.99. The van der Waals surface area contributed by atoms with E-state index >= 15 is 0 Å². The number of ether oxygens (including phenoxy) is 2. The molecule has 1 N–H and O–H groups in total. The number of aromatic nitrogens is 2. The lowest BCUT2D eigenvalue weighted by molar-refractivity contribution is -0.139. The minimum atomic E-state index is -0.488. The van der Waals surface area contributed by atoms with Gasteiger partial charge in [0.1, 0.15) is 5.75 Å². The number of aromatic amines is 1. The van der Waals surface area contributed by atoms with Crippen molar-refractivity contribution in [2.75, 3.05) is 20.0 Å². The van der Waals surface area contributed by atoms with Crippen LogP contribution in [0.3, 0.4) is 0 Å². The number of esters is 1. The van der Waals surface area contributed by atoms with Crippen LogP contribution in [0, 0.1) is 0 Å². The summed E-state index contributed by atoms with van der Waals surface area (Å²) < 4.78 is 9.59. The average Bonchev–Trinajstić information content (AvgIpc) is 2.59. The summed E-state index contributed by atoms with van der Waals surface area (Å²) >= 11 is 1.10. The fourth-order valence-corrected chi connectivity index (χ4v) is 2.65. The van der Waals surface area contributed by atoms with Crippen LogP contribution in [0.4, 0.5) is 0 Å². The van der Waals surface area contributed by atoms with Gasteiger partial charge < -0.3 is 14.5 Å². The van der Waals surface area contributed by atoms with Crippen LogP contribution in [0.5, 0.6) is 5.75 Å². The summed E-state index contributed by atoms with van der Waals surface area (Å²) in [6.07, 6.45) is -0.0968. The number of rotatable bonds is 7. The van der Waals surface area contributed by atoms with E-state index in [-0.39, 0.29) is 28.7 Å². The smallest absolute Gasteiger partial charge is 0.311 e. The summed E-state index contributed by atoms with van der Waals surface area (Å²) in [6, 6.07) is 7.98. The van der Waals surface area contributed by atoms with Crippen LogP contribution in [0.1, 0.15) is 16.1 Å². The van der Waals surface area contributed by atoms with Crippen LogP contribution < -0.4 is 10.3 Å². The Kier molecular flexibility index (Phi) is 6.14. The largest absolute Gasteiger partial charge is 0.497 e. The summed E-state index contributed by atoms with van der Waals surface area (Å²) in [7, 11) is 2.81. The number of methoxy groups -OCH3 is 2. The van der Waals surface area contributed by atoms with Crippen molar-refractivity contribution >= 4 is 23.5 Å². The van der Waals surface area contributed by atoms with Gasteiger partial charge in [0.25, 0.3) is 5.56 Å². The van der Waals surface area contributed by atoms with E-state index in [0.717, 1.165) is 11.8 Å². The number of H-pyrrole nitrogens is 1. The molecule has 1 aromatic heterocycles. The molecule has 1 aromatic carbocycles. The number of nitrogens with zero attached hydrogens (tertiary/aromatic N) is 1. The van der Waals surface area contributed by atoms with Crippen molar-refractivity contribution in [3.8, 4) is 5.75 Å². The van der Waals surface area contributed by atoms with Crippen molar-refractivity contribution in [3.63, 3.8) is 0 Å². The van der Waals surface area contributed by atoms with Crippen molar-refractivity contribution in [2.45, 2.75) is 11.6 Å². The van der Waals surface area contributed by atoms with Crippen molar-refractivity contribution in [2.24, 2.45) is 0 Å². The molecule has 0 unspecified atom stereocenters. The summed E-state index contributed by atoms with van der Waals surface area (Å²) in [5, 5.41) is 0.281. The molecule has 2 aromatic rings. The van der Waals surface area contributed by atoms with Gasteiger partial charge in [-0.1, -0.05) is 11.8 Å². The van der Waals surface area contributed by atoms with Gasteiger partial charge in [-0.25, -0.2) is 4.98 Å². The summed E-state index contributed by atoms with van der Waals surface area (Å²) in [5.41, 5.74) is 0.449. The SMILES string of the molecule is COC(=O)Cc1cc(=O)[nH]c(SCC(=O)c2ccc(OC)cc2)n1. The van der Waals surface area contributed by atoms with Crippen molar-refractivity contribution < 1.29 is 19.1 Å². The number of ketones is 1. The Morgan fingerprint density at radius 3 is 2.54 bits per heavy atom. The maximum Gasteiger partial charge on any atom is 0.311 e. The quantitative estimate of drug-likeness (QED) is 0.350. The lowest BCUT2D eigenvalue weighted by atomic mass is 10.1. The molecule has 0 atom stereocenters. The van der Waals surface area contributed by atoms with E-state index in [1.165, 1.54) is 13.2 Å². The average molecular weight is 348 g/mol. The van der Waals surface area contributed by atoms with Gasteiger partial charge in [-0.3, -0.25) is 14.4 Å². The molecule has 1 heterocycles. The van der Waals surface area contributed by atoms with E-state index in [1.54, 1.807) is 31.4 Å². The molecule has 0 radical (unpaired) electrons. The van der Waals surface area contributed by atoms with Crippen LogP contribution in [0.15, 0.2) is 40.3 Å². The standard InChI is InChI=1S/C16H16N2O5S/c1-22-12-5-3-10(4-6-12)13(19)9-24-16-17-11(7-14(20)18-16)8-15(21)23-2/h3-7H,8-9H2,1-2H3,(H,17,18,20). The summed E-state index contributed by atoms with van der Waals surface area (Å²) in [4.78, 5) is 41.7. The van der Waals surface area contributed by atoms with Crippen LogP contribution in [-0.2, 0) is 16.0 Å². The molecule has 126 valence electrons. The molecule has 8 heteroatoms. The Balaban J connectivity index is 2.03. The van der Waals surface area contributed by atoms with Crippen LogP contribution in [-0.4, -0.2) is 41.7 Å². The number of hydrogen-bond donors (Lipinski definition) is 1. The summed E-state index contributed by atoms with van der Waals surface area (Å²) in [5.74, 6) is 0.180. The predicted molar refractivity (Wildman–Crippen MR) is 88.6 cm³/mol. The van der Waals surface area contributed by atoms with E-state index in [4.69, 9.17) is 4.74 Å². The third-order valence-electron chi connectivity index (χ3n) is 3.08. The topological polar surface area (TPSA) is 98.4 Å². The molecule has 0 aliphatic heterocycles. The van der Waals surface area contributed by atoms with Crippen molar-refractivity contribution in [3.05, 3.63) is 51.9 Å². The Labute approximate surface area is 142 Å². The van der Waals surface area contributed by atoms with Gasteiger partial charge in [-0.2, -0.15) is 0 Å². The van der Waals surface area contributed by atoms with E-state index in [1.807, 2.05) is 0 Å². The molecule has 0 saturated heterocycles. The van der Waals surface area contributed by atoms with Gasteiger partial charge in [0, 0.05) is 11.6 Å². The van der Waals surface area contributed by atoms with Gasteiger partial charge in [0.15, 0.2) is 10.9 Å². The Hall–Kier alpha value is -2.61. The number of nitrogens with one attached hydrogen (secondary N) is 1. The first-order valence-corrected chi connectivity index (χ1v) is 7.97. The third-order valence-corrected chi connectivity index (χ3v) is 3.95. The predicted octanol–water partition coefficient (Wildman–Crippen LogP) is 1.47. The van der Waals surface area contributed by atoms with Crippen LogP contribution >= 0.6 is 11.8 Å². The summed E-state index contributed by atoms with van der Waals surface area (Å²) in [6.45, 7) is 0. The fraction of sp³-hybridized carbons (Fsp3) is 0.250. The van der Waals surface area contributed by atoms with Gasteiger partial charge in [-0.15, -0.1) is 0 Å². The van der Waals surface area contributed by atoms with E-state index in [0.29, 0.717) is 17.0 Å². The zero-order valence-corrected chi connectivity index (χ0v) is 14.0. The third kappa shape index (κ3) is 4.95. The highest BCUT2D eigenvalue weighted by Gasteiger charge is 2.11. The van der Waals surface area contributed by atoms with E-state index in [9.17, 15) is 14.4 Å². The second-order valence-electron chi connectivity index (χ2n) is 4.74. The maximum absolute atomic E-state index is 12.2. The molecule has 0 amide bonds. The number of benzene rings is 1. The molecule has 0 spiro atoms. The van der Waals surface area contributed by atoms with Gasteiger partial charge >= 0.3 is 5.97 Å². The molecular formula is C16H16N2O5S. The first kappa shape index (κ1) is 17.7. The minimum absolute atomic E-state index is 0.0968. The Morgan fingerprint density at radius 2 is 1.92 bits per heavy atom. The highest BCUT2D eigenvalue weighted by molar-refractivity contribution is 7.99. The Morgan fingerprint density at radius 1 is 1.21 bits per heavy atom. The number of thioether (sulfide) groups is 1. The van der Waals surface area contributed by atoms with Crippen LogP contribution in [0.2, 0.25) is 0 Å². The Bertz CT molecular complexity index is 786. The molecular weight excluding hydrogens is 332 g/mol. The number of hydrogen-bond acceptors (Lipinski definition) is 7. The minimum Gasteiger partial charge on any atom is -0.497 e. The first-order chi connectivity index (χ1) is 11.5. The van der Waals surface area contributed by atoms with Crippen molar-refractivity contribution in [1.82, 2.24) is 9.97 Å². The van der Waals surface area contributed by atoms with Crippen molar-refractivity contribution in [1.29, 1.82) is 0 Å². The van der Waals surface area contributed by atoms with E-state index < -0.39 is 5.97 Å². The lowest BCUT2D eigenvalue weighted by Gasteiger charge is -2.04. The molecule has 7 nitrogen and oxygen atoms in total. The highest BCUT2D eigenvalue weighted by atomic mass is 32.2. The highest BCUT2D eigenvalue weighted by Crippen LogP contribution is 2.16. The maximum atomic E-state index is 12.2. The molecule has 0 saturated carbocycles. The number of carbonyl (C=O) groups excluding carboxylic acids is 2. The molecule has 0 bridgehead atoms. The van der Waals surface area contributed by atoms with Gasteiger partial charge in [0.05, 0.1) is 32.1 Å². The lowest BCUT2D eigenvalue weighted by Crippen LogP contribution is -2.14. The van der Waals surface area contributed by atoms with Crippen LogP contribution in [0.25, 0.3) is 0 Å². The molecule has 24 heavy (non-hydrogen) atoms. The normalized spacial score (nSPS) is 10.2. The fourth-order valence-electron chi connectivity index (χ4n) is 1.86. The van der Waals surface area contributed by atoms with Gasteiger partial charge in [-0.05, 0) is 24.3 Å². The monoisotopic (exact) mass is 348 g/mol. The van der Waals surface area contributed by atoms with Gasteiger partial charge in [0.2, 0.25) is 0 Å². The van der Waals surface area contributed by atoms with E-state index in [2.05, 4.69) is 14.7 Å². The zero-order valence-electron chi connectivity index (χ0n) is 13.2. The number of Topliss-reactive ketones (excluding diaryl/α,β-unsaturated/α-hetero) is 1. The second kappa shape index (κ2) is 8.30. The molecule has 2 rings (SSSR count). The molecule has 0 aliphatic rings. The second-order valence-corrected chi connectivity index (χ2v) is 5.70. The zero-order chi connectivity index (χ0) is 17.5. The molecule has 0 aliphatic carbocycles. The number of carbonyl (C=O) groups is 2.